The number of hydrogen-bond donors (Lipinski definition) is 0. The molecule has 0 aliphatic heterocycles. The van der Waals surface area contributed by atoms with E-state index in [4.69, 9.17) is 16.0 Å². The molecule has 1 heterocycles. The van der Waals surface area contributed by atoms with Gasteiger partial charge in [-0.05, 0) is 42.0 Å². The van der Waals surface area contributed by atoms with Crippen molar-refractivity contribution in [3.63, 3.8) is 0 Å². The van der Waals surface area contributed by atoms with Crippen LogP contribution < -0.4 is 0 Å². The van der Waals surface area contributed by atoms with E-state index in [-0.39, 0.29) is 11.5 Å². The van der Waals surface area contributed by atoms with E-state index in [2.05, 4.69) is 4.98 Å². The Labute approximate surface area is 141 Å². The molecule has 0 spiro atoms. The van der Waals surface area contributed by atoms with Crippen LogP contribution in [-0.4, -0.2) is 4.98 Å². The molecule has 0 amide bonds. The topological polar surface area (TPSA) is 49.8 Å². The molecule has 2 aromatic carbocycles. The van der Waals surface area contributed by atoms with Crippen LogP contribution in [0.4, 0.5) is 4.39 Å². The molecule has 3 nitrogen and oxygen atoms in total. The Kier molecular flexibility index (Phi) is 4.65. The van der Waals surface area contributed by atoms with E-state index in [0.717, 1.165) is 11.1 Å². The van der Waals surface area contributed by atoms with Crippen molar-refractivity contribution >= 4 is 23.4 Å². The van der Waals surface area contributed by atoms with Gasteiger partial charge in [0.1, 0.15) is 11.9 Å². The van der Waals surface area contributed by atoms with E-state index in [1.165, 1.54) is 23.9 Å². The Morgan fingerprint density at radius 3 is 2.48 bits per heavy atom. The molecule has 0 saturated carbocycles. The molecule has 23 heavy (non-hydrogen) atoms. The van der Waals surface area contributed by atoms with E-state index in [1.54, 1.807) is 36.4 Å². The van der Waals surface area contributed by atoms with E-state index < -0.39 is 0 Å². The minimum atomic E-state index is -0.277. The fourth-order valence-electron chi connectivity index (χ4n) is 1.92. The Morgan fingerprint density at radius 2 is 1.83 bits per heavy atom. The molecule has 3 rings (SSSR count). The molecule has 0 N–H and O–H groups in total. The average Bonchev–Trinajstić information content (AvgIpc) is 2.98. The molecular weight excluding hydrogens is 335 g/mol. The third-order valence-electron chi connectivity index (χ3n) is 3.08. The minimum absolute atomic E-state index is 0.238. The monoisotopic (exact) mass is 344 g/mol. The van der Waals surface area contributed by atoms with Crippen LogP contribution in [0.15, 0.2) is 58.0 Å². The zero-order chi connectivity index (χ0) is 16.2. The number of benzene rings is 2. The van der Waals surface area contributed by atoms with Crippen molar-refractivity contribution in [1.29, 1.82) is 5.26 Å². The van der Waals surface area contributed by atoms with Crippen molar-refractivity contribution in [2.24, 2.45) is 0 Å². The number of hydrogen-bond acceptors (Lipinski definition) is 4. The van der Waals surface area contributed by atoms with E-state index in [9.17, 15) is 9.65 Å². The minimum Gasteiger partial charge on any atom is -0.428 e. The Morgan fingerprint density at radius 1 is 1.13 bits per heavy atom. The van der Waals surface area contributed by atoms with Crippen molar-refractivity contribution in [2.45, 2.75) is 10.8 Å². The lowest BCUT2D eigenvalue weighted by Gasteiger charge is -1.99. The van der Waals surface area contributed by atoms with Crippen molar-refractivity contribution < 1.29 is 8.81 Å². The molecule has 114 valence electrons. The van der Waals surface area contributed by atoms with Crippen molar-refractivity contribution in [3.05, 3.63) is 70.6 Å². The predicted octanol–water partition coefficient (Wildman–Crippen LogP) is 5.30. The van der Waals surface area contributed by atoms with E-state index in [1.807, 2.05) is 6.07 Å². The van der Waals surface area contributed by atoms with Gasteiger partial charge in [-0.15, -0.1) is 0 Å². The van der Waals surface area contributed by atoms with Gasteiger partial charge in [0.15, 0.2) is 10.8 Å². The highest BCUT2D eigenvalue weighted by Gasteiger charge is 2.15. The van der Waals surface area contributed by atoms with Crippen LogP contribution in [0, 0.1) is 17.1 Å². The molecule has 0 atom stereocenters. The first-order valence-corrected chi connectivity index (χ1v) is 8.06. The predicted molar refractivity (Wildman–Crippen MR) is 87.6 cm³/mol. The van der Waals surface area contributed by atoms with Crippen LogP contribution in [0.1, 0.15) is 11.3 Å². The van der Waals surface area contributed by atoms with Crippen molar-refractivity contribution in [1.82, 2.24) is 4.98 Å². The lowest BCUT2D eigenvalue weighted by molar-refractivity contribution is 0.483. The zero-order valence-electron chi connectivity index (χ0n) is 11.8. The second kappa shape index (κ2) is 6.86. The standard InChI is InChI=1S/C17H10ClFN2OS/c18-13-5-3-12(4-6-13)16-21-15(9-20)17(22-16)23-10-11-1-7-14(19)8-2-11/h1-8H,10H2. The molecular formula is C17H10ClFN2OS. The van der Waals surface area contributed by atoms with Crippen molar-refractivity contribution in [3.8, 4) is 17.5 Å². The van der Waals surface area contributed by atoms with Crippen LogP contribution >= 0.6 is 23.4 Å². The molecule has 0 unspecified atom stereocenters. The number of oxazole rings is 1. The van der Waals surface area contributed by atoms with E-state index >= 15 is 0 Å². The second-order valence-corrected chi connectivity index (χ2v) is 6.07. The zero-order valence-corrected chi connectivity index (χ0v) is 13.4. The quantitative estimate of drug-likeness (QED) is 0.603. The van der Waals surface area contributed by atoms with Crippen LogP contribution in [0.3, 0.4) is 0 Å². The summed E-state index contributed by atoms with van der Waals surface area (Å²) >= 11 is 7.21. The van der Waals surface area contributed by atoms with Gasteiger partial charge >= 0.3 is 0 Å². The van der Waals surface area contributed by atoms with Gasteiger partial charge in [-0.25, -0.2) is 4.39 Å². The van der Waals surface area contributed by atoms with Gasteiger partial charge in [0.05, 0.1) is 0 Å². The highest BCUT2D eigenvalue weighted by atomic mass is 35.5. The van der Waals surface area contributed by atoms with Gasteiger partial charge < -0.3 is 4.42 Å². The van der Waals surface area contributed by atoms with Gasteiger partial charge in [0, 0.05) is 16.3 Å². The number of halogens is 2. The molecule has 1 aromatic heterocycles. The molecule has 0 fully saturated rings. The number of aromatic nitrogens is 1. The summed E-state index contributed by atoms with van der Waals surface area (Å²) < 4.78 is 18.6. The SMILES string of the molecule is N#Cc1nc(-c2ccc(Cl)cc2)oc1SCc1ccc(F)cc1. The lowest BCUT2D eigenvalue weighted by Crippen LogP contribution is -1.82. The fourth-order valence-corrected chi connectivity index (χ4v) is 2.90. The molecule has 3 aromatic rings. The maximum Gasteiger partial charge on any atom is 0.228 e. The second-order valence-electron chi connectivity index (χ2n) is 4.69. The normalized spacial score (nSPS) is 10.5. The van der Waals surface area contributed by atoms with Crippen molar-refractivity contribution in [2.75, 3.05) is 0 Å². The summed E-state index contributed by atoms with van der Waals surface area (Å²) in [5, 5.41) is 10.3. The van der Waals surface area contributed by atoms with Crippen LogP contribution in [0.2, 0.25) is 5.02 Å². The largest absolute Gasteiger partial charge is 0.428 e. The summed E-state index contributed by atoms with van der Waals surface area (Å²) in [6, 6.07) is 15.3. The third kappa shape index (κ3) is 3.73. The summed E-state index contributed by atoms with van der Waals surface area (Å²) in [6.07, 6.45) is 0. The number of rotatable bonds is 4. The highest BCUT2D eigenvalue weighted by molar-refractivity contribution is 7.98. The van der Waals surface area contributed by atoms with Gasteiger partial charge in [0.2, 0.25) is 5.89 Å². The highest BCUT2D eigenvalue weighted by Crippen LogP contribution is 2.31. The summed E-state index contributed by atoms with van der Waals surface area (Å²) in [5.74, 6) is 0.658. The smallest absolute Gasteiger partial charge is 0.228 e. The fraction of sp³-hybridized carbons (Fsp3) is 0.0588. The summed E-state index contributed by atoms with van der Waals surface area (Å²) in [5.41, 5.74) is 1.92. The maximum atomic E-state index is 12.9. The Bertz CT molecular complexity index is 854. The van der Waals surface area contributed by atoms with Gasteiger partial charge in [-0.1, -0.05) is 35.5 Å². The Hall–Kier alpha value is -2.29. The van der Waals surface area contributed by atoms with Crippen LogP contribution in [0.5, 0.6) is 0 Å². The molecule has 0 aliphatic carbocycles. The first kappa shape index (κ1) is 15.6. The average molecular weight is 345 g/mol. The van der Waals surface area contributed by atoms with Crippen LogP contribution in [-0.2, 0) is 5.75 Å². The summed E-state index contributed by atoms with van der Waals surface area (Å²) in [6.45, 7) is 0. The summed E-state index contributed by atoms with van der Waals surface area (Å²) in [4.78, 5) is 4.20. The summed E-state index contributed by atoms with van der Waals surface area (Å²) in [7, 11) is 0. The molecule has 0 aliphatic rings. The van der Waals surface area contributed by atoms with Gasteiger partial charge in [-0.2, -0.15) is 10.2 Å². The maximum absolute atomic E-state index is 12.9. The third-order valence-corrected chi connectivity index (χ3v) is 4.34. The molecule has 0 bridgehead atoms. The first-order valence-electron chi connectivity index (χ1n) is 6.70. The lowest BCUT2D eigenvalue weighted by atomic mass is 10.2. The van der Waals surface area contributed by atoms with Crippen LogP contribution in [0.25, 0.3) is 11.5 Å². The molecule has 6 heteroatoms. The molecule has 0 radical (unpaired) electrons. The van der Waals surface area contributed by atoms with E-state index in [0.29, 0.717) is 21.8 Å². The number of nitriles is 1. The Balaban J connectivity index is 1.80. The van der Waals surface area contributed by atoms with Gasteiger partial charge in [-0.3, -0.25) is 0 Å². The van der Waals surface area contributed by atoms with Gasteiger partial charge in [0.25, 0.3) is 0 Å². The molecule has 0 saturated heterocycles. The number of nitrogens with zero attached hydrogens (tertiary/aromatic N) is 2. The first-order chi connectivity index (χ1) is 11.2. The number of thioether (sulfide) groups is 1.